The van der Waals surface area contributed by atoms with E-state index in [9.17, 15) is 19.6 Å². The third-order valence-corrected chi connectivity index (χ3v) is 14.1. The number of Topliss-reactive ketones (excluding diaryl/α,β-unsaturated/α-hetero) is 2. The maximum atomic E-state index is 14.7. The summed E-state index contributed by atoms with van der Waals surface area (Å²) in [5.41, 5.74) is -0.866. The highest BCUT2D eigenvalue weighted by molar-refractivity contribution is 6.04. The Balaban J connectivity index is 1.40. The number of esters is 1. The summed E-state index contributed by atoms with van der Waals surface area (Å²) in [4.78, 5) is 42.3. The molecule has 0 saturated heterocycles. The molecule has 0 heterocycles. The minimum absolute atomic E-state index is 0.0392. The van der Waals surface area contributed by atoms with E-state index in [1.165, 1.54) is 0 Å². The zero-order valence-corrected chi connectivity index (χ0v) is 27.2. The SMILES string of the molecule is CC1(C)CC[C@]2(C(=O)OCc3ccccc3)CC[C@]3(C)C(C(=O)C[C@@H]4[C@@]5(C)C=C(C#N)C(=O)C(C)(C)[C@@H]5CC[C@]43C)[C@H]2C1. The average molecular weight is 584 g/mol. The summed E-state index contributed by atoms with van der Waals surface area (Å²) in [5.74, 6) is -0.0434. The molecule has 5 heteroatoms. The Hall–Kier alpha value is -2.74. The Morgan fingerprint density at radius 1 is 0.907 bits per heavy atom. The summed E-state index contributed by atoms with van der Waals surface area (Å²) in [6.07, 6.45) is 8.37. The molecule has 0 amide bonds. The maximum Gasteiger partial charge on any atom is 0.312 e. The van der Waals surface area contributed by atoms with Gasteiger partial charge in [-0.05, 0) is 89.9 Å². The van der Waals surface area contributed by atoms with Gasteiger partial charge in [0.2, 0.25) is 0 Å². The number of hydrogen-bond acceptors (Lipinski definition) is 5. The number of ether oxygens (including phenoxy) is 1. The third-order valence-electron chi connectivity index (χ3n) is 14.1. The lowest BCUT2D eigenvalue weighted by Gasteiger charge is -2.71. The van der Waals surface area contributed by atoms with Crippen molar-refractivity contribution >= 4 is 17.5 Å². The van der Waals surface area contributed by atoms with Gasteiger partial charge in [-0.25, -0.2) is 0 Å². The Morgan fingerprint density at radius 3 is 2.26 bits per heavy atom. The minimum Gasteiger partial charge on any atom is -0.460 e. The number of benzene rings is 1. The van der Waals surface area contributed by atoms with E-state index in [2.05, 4.69) is 40.7 Å². The van der Waals surface area contributed by atoms with E-state index < -0.39 is 16.2 Å². The van der Waals surface area contributed by atoms with Gasteiger partial charge in [0.1, 0.15) is 18.5 Å². The predicted octanol–water partition coefficient (Wildman–Crippen LogP) is 8.03. The minimum atomic E-state index is -0.645. The molecule has 0 aromatic heterocycles. The van der Waals surface area contributed by atoms with Gasteiger partial charge in [-0.1, -0.05) is 84.9 Å². The zero-order valence-electron chi connectivity index (χ0n) is 27.2. The molecule has 8 atom stereocenters. The molecule has 6 rings (SSSR count). The molecule has 1 aromatic rings. The van der Waals surface area contributed by atoms with E-state index in [0.29, 0.717) is 6.42 Å². The highest BCUT2D eigenvalue weighted by Gasteiger charge is 2.73. The van der Waals surface area contributed by atoms with Crippen molar-refractivity contribution in [3.63, 3.8) is 0 Å². The van der Waals surface area contributed by atoms with Crippen molar-refractivity contribution in [2.75, 3.05) is 0 Å². The van der Waals surface area contributed by atoms with Gasteiger partial charge in [-0.15, -0.1) is 0 Å². The second kappa shape index (κ2) is 9.63. The van der Waals surface area contributed by atoms with Crippen LogP contribution in [-0.4, -0.2) is 17.5 Å². The molecule has 5 aliphatic rings. The molecular formula is C38H49NO4. The molecular weight excluding hydrogens is 534 g/mol. The first-order valence-electron chi connectivity index (χ1n) is 16.5. The molecule has 5 aliphatic carbocycles. The van der Waals surface area contributed by atoms with E-state index in [4.69, 9.17) is 4.74 Å². The standard InChI is InChI=1S/C38H49NO4/c1-33(2)15-17-38(32(42)43-23-24-11-9-8-10-12-24)18-16-37(7)30(26(38)21-33)27(40)19-29-35(5)20-25(22-39)31(41)34(3,4)28(35)13-14-36(29,37)6/h8-12,20,26,28-30H,13-19,21,23H2,1-7H3/t26-,28+,29-,30?,35+,36-,37-,38+/m1/s1. The third kappa shape index (κ3) is 4.10. The number of allylic oxidation sites excluding steroid dienone is 2. The number of hydrogen-bond donors (Lipinski definition) is 0. The molecule has 43 heavy (non-hydrogen) atoms. The summed E-state index contributed by atoms with van der Waals surface area (Å²) in [6.45, 7) is 15.8. The Morgan fingerprint density at radius 2 is 1.58 bits per heavy atom. The topological polar surface area (TPSA) is 84.2 Å². The van der Waals surface area contributed by atoms with Crippen LogP contribution < -0.4 is 0 Å². The van der Waals surface area contributed by atoms with Crippen molar-refractivity contribution in [2.24, 2.45) is 56.2 Å². The molecule has 0 aliphatic heterocycles. The first kappa shape index (κ1) is 30.3. The highest BCUT2D eigenvalue weighted by atomic mass is 16.5. The van der Waals surface area contributed by atoms with Crippen molar-refractivity contribution in [1.29, 1.82) is 5.26 Å². The van der Waals surface area contributed by atoms with Crippen LogP contribution in [-0.2, 0) is 25.7 Å². The second-order valence-electron chi connectivity index (χ2n) is 16.9. The van der Waals surface area contributed by atoms with Crippen LogP contribution in [0.1, 0.15) is 105 Å². The lowest BCUT2D eigenvalue weighted by atomic mass is 9.31. The number of rotatable bonds is 3. The first-order chi connectivity index (χ1) is 20.1. The normalized spacial score (nSPS) is 42.7. The van der Waals surface area contributed by atoms with E-state index in [0.717, 1.165) is 50.5 Å². The molecule has 0 N–H and O–H groups in total. The highest BCUT2D eigenvalue weighted by Crippen LogP contribution is 2.75. The Kier molecular flexibility index (Phi) is 6.78. The van der Waals surface area contributed by atoms with Crippen molar-refractivity contribution in [3.05, 3.63) is 47.5 Å². The molecule has 0 radical (unpaired) electrons. The van der Waals surface area contributed by atoms with E-state index in [1.807, 2.05) is 50.3 Å². The van der Waals surface area contributed by atoms with Gasteiger partial charge in [-0.2, -0.15) is 5.26 Å². The lowest BCUT2D eigenvalue weighted by molar-refractivity contribution is -0.227. The zero-order chi connectivity index (χ0) is 31.2. The molecule has 1 aromatic carbocycles. The molecule has 0 bridgehead atoms. The molecule has 1 unspecified atom stereocenters. The summed E-state index contributed by atoms with van der Waals surface area (Å²) in [5, 5.41) is 9.97. The van der Waals surface area contributed by atoms with Gasteiger partial charge in [0.05, 0.1) is 11.0 Å². The van der Waals surface area contributed by atoms with Crippen LogP contribution in [0.15, 0.2) is 42.0 Å². The summed E-state index contributed by atoms with van der Waals surface area (Å²) >= 11 is 0. The number of ketones is 2. The van der Waals surface area contributed by atoms with Gasteiger partial charge in [0.25, 0.3) is 0 Å². The summed E-state index contributed by atoms with van der Waals surface area (Å²) in [7, 11) is 0. The molecule has 4 saturated carbocycles. The van der Waals surface area contributed by atoms with Gasteiger partial charge < -0.3 is 4.74 Å². The number of carbonyl (C=O) groups is 3. The van der Waals surface area contributed by atoms with Crippen molar-refractivity contribution in [3.8, 4) is 6.07 Å². The fourth-order valence-electron chi connectivity index (χ4n) is 11.5. The van der Waals surface area contributed by atoms with Crippen LogP contribution in [0.2, 0.25) is 0 Å². The van der Waals surface area contributed by atoms with Crippen LogP contribution in [0.5, 0.6) is 0 Å². The Labute approximate surface area is 257 Å². The maximum absolute atomic E-state index is 14.7. The predicted molar refractivity (Wildman–Crippen MR) is 165 cm³/mol. The first-order valence-corrected chi connectivity index (χ1v) is 16.5. The quantitative estimate of drug-likeness (QED) is 0.336. The van der Waals surface area contributed by atoms with E-state index >= 15 is 0 Å². The van der Waals surface area contributed by atoms with E-state index in [-0.39, 0.29) is 69.6 Å². The van der Waals surface area contributed by atoms with Gasteiger partial charge >= 0.3 is 5.97 Å². The van der Waals surface area contributed by atoms with Crippen LogP contribution >= 0.6 is 0 Å². The number of carbonyl (C=O) groups excluding carboxylic acids is 3. The van der Waals surface area contributed by atoms with Crippen molar-refractivity contribution in [1.82, 2.24) is 0 Å². The molecule has 0 spiro atoms. The summed E-state index contributed by atoms with van der Waals surface area (Å²) in [6, 6.07) is 12.1. The van der Waals surface area contributed by atoms with Gasteiger partial charge in [0.15, 0.2) is 5.78 Å². The van der Waals surface area contributed by atoms with Gasteiger partial charge in [-0.3, -0.25) is 14.4 Å². The number of fused-ring (bicyclic) bond motifs is 7. The Bertz CT molecular complexity index is 1430. The second-order valence-corrected chi connectivity index (χ2v) is 16.9. The fourth-order valence-corrected chi connectivity index (χ4v) is 11.5. The molecule has 230 valence electrons. The lowest BCUT2D eigenvalue weighted by Crippen LogP contribution is -2.69. The van der Waals surface area contributed by atoms with Gasteiger partial charge in [0, 0.05) is 17.8 Å². The largest absolute Gasteiger partial charge is 0.460 e. The molecule has 5 nitrogen and oxygen atoms in total. The van der Waals surface area contributed by atoms with Crippen LogP contribution in [0, 0.1) is 67.5 Å². The van der Waals surface area contributed by atoms with Crippen LogP contribution in [0.25, 0.3) is 0 Å². The number of nitrogens with zero attached hydrogens (tertiary/aromatic N) is 1. The average Bonchev–Trinajstić information content (AvgIpc) is 2.95. The molecule has 4 fully saturated rings. The number of nitriles is 1. The smallest absolute Gasteiger partial charge is 0.312 e. The van der Waals surface area contributed by atoms with Crippen LogP contribution in [0.4, 0.5) is 0 Å². The summed E-state index contributed by atoms with van der Waals surface area (Å²) < 4.78 is 6.10. The monoisotopic (exact) mass is 583 g/mol. The fraction of sp³-hybridized carbons (Fsp3) is 0.684. The van der Waals surface area contributed by atoms with Crippen molar-refractivity contribution < 1.29 is 19.1 Å². The van der Waals surface area contributed by atoms with Crippen LogP contribution in [0.3, 0.4) is 0 Å². The van der Waals surface area contributed by atoms with Crippen molar-refractivity contribution in [2.45, 2.75) is 106 Å². The van der Waals surface area contributed by atoms with E-state index in [1.54, 1.807) is 0 Å².